The Morgan fingerprint density at radius 2 is 1.81 bits per heavy atom. The quantitative estimate of drug-likeness (QED) is 0.454. The zero-order valence-electron chi connectivity index (χ0n) is 15.4. The van der Waals surface area contributed by atoms with Crippen LogP contribution in [0.4, 0.5) is 0 Å². The van der Waals surface area contributed by atoms with Crippen molar-refractivity contribution in [2.24, 2.45) is 4.99 Å². The third-order valence-corrected chi connectivity index (χ3v) is 3.74. The van der Waals surface area contributed by atoms with E-state index >= 15 is 0 Å². The normalized spacial score (nSPS) is 11.0. The van der Waals surface area contributed by atoms with Gasteiger partial charge in [0.05, 0.1) is 20.8 Å². The fraction of sp³-hybridized carbons (Fsp3) is 0.300. The van der Waals surface area contributed by atoms with Gasteiger partial charge in [-0.3, -0.25) is 0 Å². The Hall–Kier alpha value is -3.02. The molecule has 6 heteroatoms. The van der Waals surface area contributed by atoms with E-state index in [1.807, 2.05) is 31.2 Å². The smallest absolute Gasteiger partial charge is 0.341 e. The van der Waals surface area contributed by atoms with Gasteiger partial charge in [-0.2, -0.15) is 0 Å². The molecule has 0 aliphatic rings. The average molecular weight is 355 g/mol. The topological polar surface area (TPSA) is 72.0 Å². The first-order valence-corrected chi connectivity index (χ1v) is 8.49. The van der Waals surface area contributed by atoms with Crippen LogP contribution in [0.25, 0.3) is 0 Å². The summed E-state index contributed by atoms with van der Waals surface area (Å²) in [5, 5.41) is 6.52. The summed E-state index contributed by atoms with van der Waals surface area (Å²) in [6.07, 6.45) is 0. The number of benzene rings is 2. The number of nitrogens with zero attached hydrogens (tertiary/aromatic N) is 1. The predicted octanol–water partition coefficient (Wildman–Crippen LogP) is 2.74. The molecular formula is C20H25N3O3. The van der Waals surface area contributed by atoms with Gasteiger partial charge in [-0.15, -0.1) is 0 Å². The van der Waals surface area contributed by atoms with Crippen molar-refractivity contribution in [1.82, 2.24) is 10.6 Å². The minimum Gasteiger partial charge on any atom is -0.496 e. The van der Waals surface area contributed by atoms with E-state index in [-0.39, 0.29) is 0 Å². The molecule has 0 heterocycles. The highest BCUT2D eigenvalue weighted by Crippen LogP contribution is 2.21. The van der Waals surface area contributed by atoms with E-state index in [9.17, 15) is 4.79 Å². The number of rotatable bonds is 7. The monoisotopic (exact) mass is 355 g/mol. The van der Waals surface area contributed by atoms with Gasteiger partial charge in [0, 0.05) is 13.1 Å². The lowest BCUT2D eigenvalue weighted by atomic mass is 10.1. The lowest BCUT2D eigenvalue weighted by Crippen LogP contribution is -2.36. The number of hydrogen-bond donors (Lipinski definition) is 2. The van der Waals surface area contributed by atoms with Gasteiger partial charge in [-0.1, -0.05) is 36.4 Å². The number of methoxy groups -OCH3 is 2. The highest BCUT2D eigenvalue weighted by molar-refractivity contribution is 5.92. The van der Waals surface area contributed by atoms with Crippen molar-refractivity contribution in [2.45, 2.75) is 20.0 Å². The van der Waals surface area contributed by atoms with Crippen LogP contribution in [0.5, 0.6) is 5.75 Å². The van der Waals surface area contributed by atoms with Crippen LogP contribution in [0.3, 0.4) is 0 Å². The molecule has 0 amide bonds. The summed E-state index contributed by atoms with van der Waals surface area (Å²) in [6, 6.07) is 15.5. The summed E-state index contributed by atoms with van der Waals surface area (Å²) >= 11 is 0. The lowest BCUT2D eigenvalue weighted by Gasteiger charge is -2.12. The number of ether oxygens (including phenoxy) is 2. The van der Waals surface area contributed by atoms with E-state index in [0.717, 1.165) is 12.1 Å². The summed E-state index contributed by atoms with van der Waals surface area (Å²) in [4.78, 5) is 16.5. The number of hydrogen-bond acceptors (Lipinski definition) is 4. The maximum absolute atomic E-state index is 11.9. The second-order valence-electron chi connectivity index (χ2n) is 5.56. The van der Waals surface area contributed by atoms with Crippen molar-refractivity contribution in [1.29, 1.82) is 0 Å². The van der Waals surface area contributed by atoms with E-state index in [1.54, 1.807) is 12.1 Å². The third kappa shape index (κ3) is 5.51. The minimum absolute atomic E-state index is 0.393. The molecule has 0 radical (unpaired) electrons. The Balaban J connectivity index is 2.09. The van der Waals surface area contributed by atoms with Crippen LogP contribution in [-0.2, 0) is 17.8 Å². The predicted molar refractivity (Wildman–Crippen MR) is 102 cm³/mol. The molecule has 6 nitrogen and oxygen atoms in total. The summed E-state index contributed by atoms with van der Waals surface area (Å²) in [6.45, 7) is 3.89. The number of guanidine groups is 1. The summed E-state index contributed by atoms with van der Waals surface area (Å²) < 4.78 is 10.0. The summed E-state index contributed by atoms with van der Waals surface area (Å²) in [5.41, 5.74) is 2.46. The van der Waals surface area contributed by atoms with Gasteiger partial charge in [-0.05, 0) is 30.2 Å². The van der Waals surface area contributed by atoms with Gasteiger partial charge in [0.1, 0.15) is 11.3 Å². The number of esters is 1. The molecule has 0 bridgehead atoms. The molecule has 138 valence electrons. The first kappa shape index (κ1) is 19.3. The Bertz CT molecular complexity index is 745. The largest absolute Gasteiger partial charge is 0.496 e. The van der Waals surface area contributed by atoms with Gasteiger partial charge in [-0.25, -0.2) is 9.79 Å². The number of carbonyl (C=O) groups excluding carboxylic acids is 1. The van der Waals surface area contributed by atoms with Gasteiger partial charge >= 0.3 is 5.97 Å². The van der Waals surface area contributed by atoms with Crippen molar-refractivity contribution in [2.75, 3.05) is 20.8 Å². The molecule has 0 fully saturated rings. The van der Waals surface area contributed by atoms with Crippen LogP contribution in [0.2, 0.25) is 0 Å². The lowest BCUT2D eigenvalue weighted by molar-refractivity contribution is 0.0597. The molecule has 2 N–H and O–H groups in total. The van der Waals surface area contributed by atoms with Crippen molar-refractivity contribution < 1.29 is 14.3 Å². The second-order valence-corrected chi connectivity index (χ2v) is 5.56. The molecule has 2 aromatic carbocycles. The first-order valence-electron chi connectivity index (χ1n) is 8.49. The zero-order valence-corrected chi connectivity index (χ0v) is 15.4. The molecule has 0 atom stereocenters. The van der Waals surface area contributed by atoms with Crippen LogP contribution in [0.1, 0.15) is 28.4 Å². The van der Waals surface area contributed by atoms with E-state index in [4.69, 9.17) is 9.47 Å². The molecule has 26 heavy (non-hydrogen) atoms. The summed E-state index contributed by atoms with van der Waals surface area (Å²) in [7, 11) is 2.87. The van der Waals surface area contributed by atoms with Crippen molar-refractivity contribution in [3.05, 3.63) is 65.2 Å². The van der Waals surface area contributed by atoms with Crippen molar-refractivity contribution >= 4 is 11.9 Å². The number of carbonyl (C=O) groups is 1. The van der Waals surface area contributed by atoms with E-state index < -0.39 is 5.97 Å². The maximum atomic E-state index is 11.9. The molecule has 0 saturated carbocycles. The van der Waals surface area contributed by atoms with E-state index in [0.29, 0.717) is 30.4 Å². The van der Waals surface area contributed by atoms with Crippen LogP contribution >= 0.6 is 0 Å². The van der Waals surface area contributed by atoms with Crippen LogP contribution in [-0.4, -0.2) is 32.7 Å². The van der Waals surface area contributed by atoms with Crippen LogP contribution < -0.4 is 15.4 Å². The van der Waals surface area contributed by atoms with Gasteiger partial charge in [0.15, 0.2) is 5.96 Å². The average Bonchev–Trinajstić information content (AvgIpc) is 2.70. The third-order valence-electron chi connectivity index (χ3n) is 3.74. The fourth-order valence-electron chi connectivity index (χ4n) is 2.42. The molecule has 0 aromatic heterocycles. The maximum Gasteiger partial charge on any atom is 0.341 e. The van der Waals surface area contributed by atoms with Crippen LogP contribution in [0, 0.1) is 0 Å². The first-order chi connectivity index (χ1) is 12.7. The minimum atomic E-state index is -0.429. The van der Waals surface area contributed by atoms with E-state index in [2.05, 4.69) is 27.8 Å². The van der Waals surface area contributed by atoms with Crippen molar-refractivity contribution in [3.63, 3.8) is 0 Å². The Labute approximate surface area is 154 Å². The molecular weight excluding hydrogens is 330 g/mol. The number of nitrogens with one attached hydrogen (secondary N) is 2. The molecule has 0 unspecified atom stereocenters. The summed E-state index contributed by atoms with van der Waals surface area (Å²) in [5.74, 6) is 0.771. The van der Waals surface area contributed by atoms with Crippen molar-refractivity contribution in [3.8, 4) is 5.75 Å². The van der Waals surface area contributed by atoms with Gasteiger partial charge < -0.3 is 20.1 Å². The Kier molecular flexibility index (Phi) is 7.49. The van der Waals surface area contributed by atoms with E-state index in [1.165, 1.54) is 19.8 Å². The van der Waals surface area contributed by atoms with Crippen LogP contribution in [0.15, 0.2) is 53.5 Å². The zero-order chi connectivity index (χ0) is 18.8. The van der Waals surface area contributed by atoms with Gasteiger partial charge in [0.2, 0.25) is 0 Å². The standard InChI is InChI=1S/C20H25N3O3/c1-4-21-20(22-13-15-8-6-5-7-9-15)23-14-16-10-11-18(25-2)17(12-16)19(24)26-3/h5-12H,4,13-14H2,1-3H3,(H2,21,22,23). The SMILES string of the molecule is CCNC(=NCc1ccc(OC)c(C(=O)OC)c1)NCc1ccccc1. The molecule has 0 spiro atoms. The molecule has 0 aliphatic carbocycles. The Morgan fingerprint density at radius 3 is 2.46 bits per heavy atom. The second kappa shape index (κ2) is 10.1. The highest BCUT2D eigenvalue weighted by Gasteiger charge is 2.13. The fourth-order valence-corrected chi connectivity index (χ4v) is 2.42. The molecule has 0 saturated heterocycles. The Morgan fingerprint density at radius 1 is 1.04 bits per heavy atom. The van der Waals surface area contributed by atoms with Gasteiger partial charge in [0.25, 0.3) is 0 Å². The number of aliphatic imine (C=N–C) groups is 1. The highest BCUT2D eigenvalue weighted by atomic mass is 16.5. The molecule has 2 rings (SSSR count). The molecule has 2 aromatic rings. The molecule has 0 aliphatic heterocycles.